The fraction of sp³-hybridized carbons (Fsp3) is 0.294. The minimum atomic E-state index is -0.103. The van der Waals surface area contributed by atoms with E-state index in [4.69, 9.17) is 5.11 Å². The van der Waals surface area contributed by atoms with Crippen LogP contribution in [0.2, 0.25) is 0 Å². The maximum Gasteiger partial charge on any atom is 0.189 e. The Kier molecular flexibility index (Phi) is 5.34. The number of thioether (sulfide) groups is 1. The van der Waals surface area contributed by atoms with E-state index in [9.17, 15) is 5.11 Å². The number of anilines is 1. The third kappa shape index (κ3) is 3.69. The molecule has 0 fully saturated rings. The van der Waals surface area contributed by atoms with Gasteiger partial charge in [0.15, 0.2) is 5.16 Å². The SMILES string of the molecule is CSc1ncc(CO)c(NCc2cc3cc(CCO)ccc3[nH]2)n1. The maximum absolute atomic E-state index is 9.42. The Balaban J connectivity index is 1.78. The summed E-state index contributed by atoms with van der Waals surface area (Å²) in [6.45, 7) is 0.621. The normalized spacial score (nSPS) is 11.1. The van der Waals surface area contributed by atoms with Crippen molar-refractivity contribution < 1.29 is 10.2 Å². The zero-order valence-corrected chi connectivity index (χ0v) is 14.2. The van der Waals surface area contributed by atoms with E-state index >= 15 is 0 Å². The van der Waals surface area contributed by atoms with Crippen molar-refractivity contribution in [1.29, 1.82) is 0 Å². The molecule has 7 heteroatoms. The number of benzene rings is 1. The quantitative estimate of drug-likeness (QED) is 0.388. The van der Waals surface area contributed by atoms with E-state index in [1.807, 2.05) is 18.4 Å². The van der Waals surface area contributed by atoms with Crippen LogP contribution in [0.5, 0.6) is 0 Å². The minimum Gasteiger partial charge on any atom is -0.396 e. The summed E-state index contributed by atoms with van der Waals surface area (Å²) < 4.78 is 0. The van der Waals surface area contributed by atoms with Gasteiger partial charge in [-0.3, -0.25) is 0 Å². The second-order valence-corrected chi connectivity index (χ2v) is 6.21. The zero-order chi connectivity index (χ0) is 16.9. The highest BCUT2D eigenvalue weighted by Gasteiger charge is 2.07. The van der Waals surface area contributed by atoms with Crippen LogP contribution in [0, 0.1) is 0 Å². The number of fused-ring (bicyclic) bond motifs is 1. The topological polar surface area (TPSA) is 94.1 Å². The molecule has 0 radical (unpaired) electrons. The number of nitrogens with one attached hydrogen (secondary N) is 2. The van der Waals surface area contributed by atoms with Gasteiger partial charge in [0.1, 0.15) is 5.82 Å². The first-order valence-electron chi connectivity index (χ1n) is 7.69. The summed E-state index contributed by atoms with van der Waals surface area (Å²) in [5.41, 5.74) is 3.88. The number of aromatic nitrogens is 3. The van der Waals surface area contributed by atoms with E-state index in [2.05, 4.69) is 32.4 Å². The smallest absolute Gasteiger partial charge is 0.189 e. The van der Waals surface area contributed by atoms with Crippen molar-refractivity contribution in [3.05, 3.63) is 47.3 Å². The van der Waals surface area contributed by atoms with Crippen LogP contribution in [0.1, 0.15) is 16.8 Å². The third-order valence-corrected chi connectivity index (χ3v) is 4.34. The molecule has 2 heterocycles. The van der Waals surface area contributed by atoms with E-state index in [0.717, 1.165) is 22.2 Å². The lowest BCUT2D eigenvalue weighted by Crippen LogP contribution is -2.06. The monoisotopic (exact) mass is 344 g/mol. The summed E-state index contributed by atoms with van der Waals surface area (Å²) in [5.74, 6) is 0.650. The first-order chi connectivity index (χ1) is 11.7. The molecule has 0 bridgehead atoms. The maximum atomic E-state index is 9.42. The van der Waals surface area contributed by atoms with Gasteiger partial charge in [-0.1, -0.05) is 17.8 Å². The predicted molar refractivity (Wildman–Crippen MR) is 96.2 cm³/mol. The van der Waals surface area contributed by atoms with Crippen molar-refractivity contribution in [3.8, 4) is 0 Å². The number of aliphatic hydroxyl groups excluding tert-OH is 2. The highest BCUT2D eigenvalue weighted by molar-refractivity contribution is 7.98. The van der Waals surface area contributed by atoms with Crippen molar-refractivity contribution in [2.75, 3.05) is 18.2 Å². The molecule has 2 aromatic heterocycles. The fourth-order valence-corrected chi connectivity index (χ4v) is 2.90. The standard InChI is InChI=1S/C17H20N4O2S/c1-24-17-19-8-13(10-23)16(21-17)18-9-14-7-12-6-11(4-5-22)2-3-15(12)20-14/h2-3,6-8,20,22-23H,4-5,9-10H2,1H3,(H,18,19,21). The lowest BCUT2D eigenvalue weighted by atomic mass is 10.1. The van der Waals surface area contributed by atoms with E-state index in [1.165, 1.54) is 11.8 Å². The van der Waals surface area contributed by atoms with Crippen LogP contribution in [0.3, 0.4) is 0 Å². The lowest BCUT2D eigenvalue weighted by molar-refractivity contribution is 0.281. The largest absolute Gasteiger partial charge is 0.396 e. The molecule has 0 unspecified atom stereocenters. The number of hydrogen-bond donors (Lipinski definition) is 4. The average molecular weight is 344 g/mol. The van der Waals surface area contributed by atoms with Gasteiger partial charge in [-0.2, -0.15) is 0 Å². The molecule has 0 spiro atoms. The average Bonchev–Trinajstić information content (AvgIpc) is 3.02. The summed E-state index contributed by atoms with van der Waals surface area (Å²) in [5, 5.41) is 23.5. The third-order valence-electron chi connectivity index (χ3n) is 3.78. The van der Waals surface area contributed by atoms with Crippen LogP contribution < -0.4 is 5.32 Å². The number of nitrogens with zero attached hydrogens (tertiary/aromatic N) is 2. The predicted octanol–water partition coefficient (Wildman–Crippen LogP) is 2.32. The van der Waals surface area contributed by atoms with Gasteiger partial charge in [-0.25, -0.2) is 9.97 Å². The Morgan fingerprint density at radius 1 is 1.25 bits per heavy atom. The molecule has 0 atom stereocenters. The zero-order valence-electron chi connectivity index (χ0n) is 13.4. The molecule has 3 aromatic rings. The Bertz CT molecular complexity index is 835. The lowest BCUT2D eigenvalue weighted by Gasteiger charge is -2.09. The van der Waals surface area contributed by atoms with Crippen LogP contribution in [-0.2, 0) is 19.6 Å². The Labute approximate surface area is 144 Å². The first-order valence-corrected chi connectivity index (χ1v) is 8.92. The van der Waals surface area contributed by atoms with Gasteiger partial charge in [0.25, 0.3) is 0 Å². The summed E-state index contributed by atoms with van der Waals surface area (Å²) in [6, 6.07) is 8.21. The van der Waals surface area contributed by atoms with Crippen LogP contribution in [0.25, 0.3) is 10.9 Å². The van der Waals surface area contributed by atoms with Crippen molar-refractivity contribution in [2.45, 2.75) is 24.7 Å². The number of hydrogen-bond acceptors (Lipinski definition) is 6. The molecule has 4 N–H and O–H groups in total. The Morgan fingerprint density at radius 3 is 2.88 bits per heavy atom. The molecule has 0 amide bonds. The van der Waals surface area contributed by atoms with Gasteiger partial charge in [0, 0.05) is 29.6 Å². The summed E-state index contributed by atoms with van der Waals surface area (Å²) in [7, 11) is 0. The molecular weight excluding hydrogens is 324 g/mol. The second-order valence-electron chi connectivity index (χ2n) is 5.43. The van der Waals surface area contributed by atoms with Gasteiger partial charge >= 0.3 is 0 Å². The summed E-state index contributed by atoms with van der Waals surface area (Å²) in [4.78, 5) is 11.9. The van der Waals surface area contributed by atoms with E-state index in [1.54, 1.807) is 6.20 Å². The highest BCUT2D eigenvalue weighted by Crippen LogP contribution is 2.20. The molecule has 0 aliphatic rings. The molecule has 6 nitrogen and oxygen atoms in total. The minimum absolute atomic E-state index is 0.103. The molecule has 0 saturated carbocycles. The van der Waals surface area contributed by atoms with Crippen molar-refractivity contribution in [3.63, 3.8) is 0 Å². The molecule has 24 heavy (non-hydrogen) atoms. The van der Waals surface area contributed by atoms with E-state index in [-0.39, 0.29) is 13.2 Å². The van der Waals surface area contributed by atoms with Crippen LogP contribution in [0.15, 0.2) is 35.6 Å². The highest BCUT2D eigenvalue weighted by atomic mass is 32.2. The Hall–Kier alpha value is -2.09. The molecular formula is C17H20N4O2S. The van der Waals surface area contributed by atoms with Gasteiger partial charge in [-0.05, 0) is 41.8 Å². The fourth-order valence-electron chi connectivity index (χ4n) is 2.56. The van der Waals surface area contributed by atoms with Gasteiger partial charge in [0.05, 0.1) is 13.2 Å². The summed E-state index contributed by atoms with van der Waals surface area (Å²) in [6.07, 6.45) is 4.22. The molecule has 0 aliphatic carbocycles. The van der Waals surface area contributed by atoms with E-state index in [0.29, 0.717) is 29.5 Å². The van der Waals surface area contributed by atoms with Crippen molar-refractivity contribution in [2.24, 2.45) is 0 Å². The molecule has 126 valence electrons. The van der Waals surface area contributed by atoms with Crippen molar-refractivity contribution >= 4 is 28.5 Å². The number of aliphatic hydroxyl groups is 2. The Morgan fingerprint density at radius 2 is 2.12 bits per heavy atom. The van der Waals surface area contributed by atoms with Crippen molar-refractivity contribution in [1.82, 2.24) is 15.0 Å². The number of H-pyrrole nitrogens is 1. The van der Waals surface area contributed by atoms with Crippen LogP contribution in [0.4, 0.5) is 5.82 Å². The van der Waals surface area contributed by atoms with Gasteiger partial charge < -0.3 is 20.5 Å². The van der Waals surface area contributed by atoms with Crippen LogP contribution >= 0.6 is 11.8 Å². The summed E-state index contributed by atoms with van der Waals surface area (Å²) >= 11 is 1.46. The molecule has 0 saturated heterocycles. The number of aromatic amines is 1. The number of rotatable bonds is 7. The first kappa shape index (κ1) is 16.8. The molecule has 3 rings (SSSR count). The van der Waals surface area contributed by atoms with Crippen LogP contribution in [-0.4, -0.2) is 38.0 Å². The molecule has 1 aromatic carbocycles. The van der Waals surface area contributed by atoms with Gasteiger partial charge in [0.2, 0.25) is 0 Å². The van der Waals surface area contributed by atoms with E-state index < -0.39 is 0 Å². The molecule has 0 aliphatic heterocycles. The van der Waals surface area contributed by atoms with Gasteiger partial charge in [-0.15, -0.1) is 0 Å². The second kappa shape index (κ2) is 7.65.